The molecule has 0 aromatic rings. The van der Waals surface area contributed by atoms with E-state index in [4.69, 9.17) is 0 Å². The van der Waals surface area contributed by atoms with Crippen molar-refractivity contribution in [2.24, 2.45) is 58.2 Å². The molecular formula is C29H48O3. The van der Waals surface area contributed by atoms with Crippen LogP contribution in [-0.4, -0.2) is 28.2 Å². The van der Waals surface area contributed by atoms with Crippen LogP contribution in [0.2, 0.25) is 0 Å². The molecule has 4 fully saturated rings. The minimum absolute atomic E-state index is 0.127. The molecule has 4 rings (SSSR count). The molecule has 11 atom stereocenters. The van der Waals surface area contributed by atoms with Gasteiger partial charge in [0.25, 0.3) is 0 Å². The minimum Gasteiger partial charge on any atom is -0.393 e. The van der Waals surface area contributed by atoms with Crippen LogP contribution in [0.15, 0.2) is 12.2 Å². The molecule has 0 heterocycles. The van der Waals surface area contributed by atoms with Crippen molar-refractivity contribution in [2.75, 3.05) is 0 Å². The number of hydrogen-bond acceptors (Lipinski definition) is 3. The van der Waals surface area contributed by atoms with Gasteiger partial charge in [-0.25, -0.2) is 0 Å². The van der Waals surface area contributed by atoms with Gasteiger partial charge in [-0.05, 0) is 109 Å². The highest BCUT2D eigenvalue weighted by Crippen LogP contribution is 2.68. The van der Waals surface area contributed by atoms with Crippen LogP contribution < -0.4 is 0 Å². The molecule has 3 nitrogen and oxygen atoms in total. The molecule has 0 aliphatic heterocycles. The zero-order valence-electron chi connectivity index (χ0n) is 21.4. The molecule has 0 bridgehead atoms. The summed E-state index contributed by atoms with van der Waals surface area (Å²) in [6.45, 7) is 17.5. The minimum atomic E-state index is -0.259. The molecule has 2 N–H and O–H groups in total. The Morgan fingerprint density at radius 2 is 1.62 bits per heavy atom. The summed E-state index contributed by atoms with van der Waals surface area (Å²) < 4.78 is 0. The van der Waals surface area contributed by atoms with Crippen molar-refractivity contribution in [2.45, 2.75) is 105 Å². The van der Waals surface area contributed by atoms with Crippen molar-refractivity contribution in [1.82, 2.24) is 0 Å². The Labute approximate surface area is 196 Å². The zero-order valence-corrected chi connectivity index (χ0v) is 21.4. The Hall–Kier alpha value is -0.670. The van der Waals surface area contributed by atoms with Crippen LogP contribution >= 0.6 is 0 Å². The van der Waals surface area contributed by atoms with Crippen molar-refractivity contribution >= 4 is 5.78 Å². The second-order valence-corrected chi connectivity index (χ2v) is 13.2. The first-order valence-corrected chi connectivity index (χ1v) is 13.5. The first-order valence-electron chi connectivity index (χ1n) is 13.5. The molecular weight excluding hydrogens is 396 g/mol. The van der Waals surface area contributed by atoms with Gasteiger partial charge in [-0.2, -0.15) is 0 Å². The number of rotatable bonds is 5. The van der Waals surface area contributed by atoms with E-state index in [2.05, 4.69) is 48.1 Å². The number of allylic oxidation sites excluding steroid dienone is 1. The van der Waals surface area contributed by atoms with Crippen molar-refractivity contribution < 1.29 is 15.0 Å². The van der Waals surface area contributed by atoms with Crippen molar-refractivity contribution in [3.63, 3.8) is 0 Å². The molecule has 0 saturated heterocycles. The SMILES string of the molecule is C=C(C(=O)CC(C)C1CCC2C3CCC4C(C)C(O)CCC4(C)C3C(O)CC12C)C(C)C. The molecule has 0 radical (unpaired) electrons. The summed E-state index contributed by atoms with van der Waals surface area (Å²) in [4.78, 5) is 12.8. The first kappa shape index (κ1) is 24.5. The number of aliphatic hydroxyl groups excluding tert-OH is 2. The lowest BCUT2D eigenvalue weighted by Gasteiger charge is -2.63. The van der Waals surface area contributed by atoms with Crippen LogP contribution in [-0.2, 0) is 4.79 Å². The lowest BCUT2D eigenvalue weighted by Crippen LogP contribution is -2.60. The number of ketones is 1. The van der Waals surface area contributed by atoms with E-state index in [1.165, 1.54) is 25.7 Å². The summed E-state index contributed by atoms with van der Waals surface area (Å²) in [5, 5.41) is 22.2. The quantitative estimate of drug-likeness (QED) is 0.509. The van der Waals surface area contributed by atoms with E-state index >= 15 is 0 Å². The van der Waals surface area contributed by atoms with Crippen LogP contribution in [0.1, 0.15) is 92.9 Å². The maximum atomic E-state index is 12.8. The van der Waals surface area contributed by atoms with E-state index < -0.39 is 0 Å². The largest absolute Gasteiger partial charge is 0.393 e. The van der Waals surface area contributed by atoms with Crippen molar-refractivity contribution in [3.05, 3.63) is 12.2 Å². The molecule has 182 valence electrons. The molecule has 4 aliphatic carbocycles. The maximum Gasteiger partial charge on any atom is 0.158 e. The van der Waals surface area contributed by atoms with Crippen molar-refractivity contribution in [1.29, 1.82) is 0 Å². The van der Waals surface area contributed by atoms with Crippen LogP contribution in [0.3, 0.4) is 0 Å². The van der Waals surface area contributed by atoms with Crippen molar-refractivity contribution in [3.8, 4) is 0 Å². The number of Topliss-reactive ketones (excluding diaryl/α,β-unsaturated/α-hetero) is 1. The van der Waals surface area contributed by atoms with Gasteiger partial charge in [-0.3, -0.25) is 4.79 Å². The fourth-order valence-electron chi connectivity index (χ4n) is 9.70. The Balaban J connectivity index is 1.55. The van der Waals surface area contributed by atoms with E-state index in [1.54, 1.807) is 0 Å². The monoisotopic (exact) mass is 444 g/mol. The van der Waals surface area contributed by atoms with Gasteiger partial charge in [0.05, 0.1) is 12.2 Å². The lowest BCUT2D eigenvalue weighted by atomic mass is 9.42. The Kier molecular flexibility index (Phi) is 6.51. The van der Waals surface area contributed by atoms with Gasteiger partial charge in [0.2, 0.25) is 0 Å². The zero-order chi connectivity index (χ0) is 23.6. The van der Waals surface area contributed by atoms with Gasteiger partial charge in [0.15, 0.2) is 5.78 Å². The van der Waals surface area contributed by atoms with E-state index in [0.29, 0.717) is 47.8 Å². The van der Waals surface area contributed by atoms with Crippen LogP contribution in [0.5, 0.6) is 0 Å². The molecule has 4 saturated carbocycles. The average molecular weight is 445 g/mol. The Morgan fingerprint density at radius 3 is 2.28 bits per heavy atom. The molecule has 4 aliphatic rings. The van der Waals surface area contributed by atoms with Crippen LogP contribution in [0.25, 0.3) is 0 Å². The van der Waals surface area contributed by atoms with E-state index in [1.807, 2.05) is 0 Å². The highest BCUT2D eigenvalue weighted by Gasteiger charge is 2.64. The predicted molar refractivity (Wildman–Crippen MR) is 130 cm³/mol. The number of aliphatic hydroxyl groups is 2. The Bertz CT molecular complexity index is 743. The molecule has 0 aromatic carbocycles. The van der Waals surface area contributed by atoms with Gasteiger partial charge < -0.3 is 10.2 Å². The third-order valence-electron chi connectivity index (χ3n) is 11.4. The van der Waals surface area contributed by atoms with E-state index in [-0.39, 0.29) is 34.7 Å². The average Bonchev–Trinajstić information content (AvgIpc) is 3.06. The molecule has 11 unspecified atom stereocenters. The second kappa shape index (κ2) is 8.52. The summed E-state index contributed by atoms with van der Waals surface area (Å²) >= 11 is 0. The summed E-state index contributed by atoms with van der Waals surface area (Å²) in [7, 11) is 0. The highest BCUT2D eigenvalue weighted by atomic mass is 16.3. The summed E-state index contributed by atoms with van der Waals surface area (Å²) in [5.74, 6) is 3.78. The molecule has 0 spiro atoms. The third-order valence-corrected chi connectivity index (χ3v) is 11.4. The summed E-state index contributed by atoms with van der Waals surface area (Å²) in [6.07, 6.45) is 7.81. The Morgan fingerprint density at radius 1 is 0.969 bits per heavy atom. The number of carbonyl (C=O) groups is 1. The fourth-order valence-corrected chi connectivity index (χ4v) is 9.70. The first-order chi connectivity index (χ1) is 14.9. The standard InChI is InChI=1S/C29H48O3/c1-16(2)18(4)25(31)14-17(3)21-10-11-23-20-8-9-22-19(5)24(30)12-13-28(22,6)27(20)26(32)15-29(21,23)7/h16-17,19-24,26-27,30,32H,4,8-15H2,1-3,5-7H3. The maximum absolute atomic E-state index is 12.8. The topological polar surface area (TPSA) is 57.5 Å². The second-order valence-electron chi connectivity index (χ2n) is 13.2. The van der Waals surface area contributed by atoms with Gasteiger partial charge in [-0.1, -0.05) is 48.1 Å². The molecule has 32 heavy (non-hydrogen) atoms. The molecule has 0 aromatic heterocycles. The van der Waals surface area contributed by atoms with Gasteiger partial charge in [0, 0.05) is 6.42 Å². The summed E-state index contributed by atoms with van der Waals surface area (Å²) in [6, 6.07) is 0. The van der Waals surface area contributed by atoms with Crippen LogP contribution in [0, 0.1) is 58.2 Å². The van der Waals surface area contributed by atoms with E-state index in [0.717, 1.165) is 24.8 Å². The predicted octanol–water partition coefficient (Wildman–Crippen LogP) is 6.03. The fraction of sp³-hybridized carbons (Fsp3) is 0.897. The van der Waals surface area contributed by atoms with Gasteiger partial charge in [0.1, 0.15) is 0 Å². The lowest BCUT2D eigenvalue weighted by molar-refractivity contribution is -0.192. The normalized spacial score (nSPS) is 49.2. The third kappa shape index (κ3) is 3.65. The van der Waals surface area contributed by atoms with Crippen LogP contribution in [0.4, 0.5) is 0 Å². The molecule has 0 amide bonds. The number of fused-ring (bicyclic) bond motifs is 5. The smallest absolute Gasteiger partial charge is 0.158 e. The number of carbonyl (C=O) groups excluding carboxylic acids is 1. The highest BCUT2D eigenvalue weighted by molar-refractivity contribution is 5.95. The van der Waals surface area contributed by atoms with Gasteiger partial charge in [-0.15, -0.1) is 0 Å². The van der Waals surface area contributed by atoms with Gasteiger partial charge >= 0.3 is 0 Å². The molecule has 3 heteroatoms. The number of hydrogen-bond donors (Lipinski definition) is 2. The van der Waals surface area contributed by atoms with E-state index in [9.17, 15) is 15.0 Å². The summed E-state index contributed by atoms with van der Waals surface area (Å²) in [5.41, 5.74) is 1.04.